The van der Waals surface area contributed by atoms with Crippen molar-refractivity contribution in [3.63, 3.8) is 0 Å². The van der Waals surface area contributed by atoms with Crippen LogP contribution in [0, 0.1) is 5.82 Å². The smallest absolute Gasteiger partial charge is 0.260 e. The zero-order chi connectivity index (χ0) is 18.4. The number of carbonyl (C=O) groups is 2. The number of rotatable bonds is 6. The van der Waals surface area contributed by atoms with Gasteiger partial charge in [-0.25, -0.2) is 4.39 Å². The highest BCUT2D eigenvalue weighted by molar-refractivity contribution is 6.33. The Balaban J connectivity index is 1.85. The summed E-state index contributed by atoms with van der Waals surface area (Å²) in [6.45, 7) is -0.508. The number of ether oxygens (including phenoxy) is 1. The second-order valence-corrected chi connectivity index (χ2v) is 5.96. The van der Waals surface area contributed by atoms with E-state index in [4.69, 9.17) is 27.9 Å². The third-order valence-electron chi connectivity index (χ3n) is 3.20. The summed E-state index contributed by atoms with van der Waals surface area (Å²) in [5, 5.41) is 3.08. The molecule has 0 bridgehead atoms. The lowest BCUT2D eigenvalue weighted by atomic mass is 10.3. The van der Waals surface area contributed by atoms with Gasteiger partial charge in [-0.15, -0.1) is 0 Å². The van der Waals surface area contributed by atoms with Gasteiger partial charge in [-0.1, -0.05) is 35.3 Å². The van der Waals surface area contributed by atoms with E-state index in [0.29, 0.717) is 10.7 Å². The SMILES string of the molecule is CN(CC(=O)Nc1ccccc1Cl)C(=O)COc1ccc(F)cc1Cl. The minimum atomic E-state index is -0.503. The number of halogens is 3. The molecule has 1 N–H and O–H groups in total. The summed E-state index contributed by atoms with van der Waals surface area (Å²) < 4.78 is 18.2. The fourth-order valence-electron chi connectivity index (χ4n) is 1.90. The lowest BCUT2D eigenvalue weighted by molar-refractivity contribution is -0.135. The first-order valence-corrected chi connectivity index (χ1v) is 7.98. The Labute approximate surface area is 154 Å². The maximum atomic E-state index is 13.0. The molecule has 0 aromatic heterocycles. The zero-order valence-electron chi connectivity index (χ0n) is 13.3. The van der Waals surface area contributed by atoms with Gasteiger partial charge in [-0.05, 0) is 30.3 Å². The van der Waals surface area contributed by atoms with Gasteiger partial charge in [0.05, 0.1) is 22.3 Å². The highest BCUT2D eigenvalue weighted by Crippen LogP contribution is 2.24. The number of hydrogen-bond donors (Lipinski definition) is 1. The van der Waals surface area contributed by atoms with Crippen molar-refractivity contribution in [2.75, 3.05) is 25.5 Å². The third kappa shape index (κ3) is 5.62. The van der Waals surface area contributed by atoms with Crippen LogP contribution in [0.1, 0.15) is 0 Å². The average molecular weight is 385 g/mol. The number of likely N-dealkylation sites (N-methyl/N-ethyl adjacent to an activating group) is 1. The van der Waals surface area contributed by atoms with Crippen LogP contribution in [0.2, 0.25) is 10.0 Å². The molecule has 25 heavy (non-hydrogen) atoms. The van der Waals surface area contributed by atoms with Crippen molar-refractivity contribution in [1.82, 2.24) is 4.90 Å². The number of hydrogen-bond acceptors (Lipinski definition) is 3. The normalized spacial score (nSPS) is 10.2. The van der Waals surface area contributed by atoms with Crippen LogP contribution in [-0.4, -0.2) is 36.9 Å². The van der Waals surface area contributed by atoms with Crippen molar-refractivity contribution in [3.05, 3.63) is 58.3 Å². The van der Waals surface area contributed by atoms with Crippen LogP contribution in [0.25, 0.3) is 0 Å². The molecule has 0 fully saturated rings. The van der Waals surface area contributed by atoms with Crippen molar-refractivity contribution in [3.8, 4) is 5.75 Å². The second kappa shape index (κ2) is 8.69. The molecule has 2 aromatic carbocycles. The van der Waals surface area contributed by atoms with E-state index in [2.05, 4.69) is 5.32 Å². The molecular weight excluding hydrogens is 370 g/mol. The maximum Gasteiger partial charge on any atom is 0.260 e. The molecule has 0 aliphatic carbocycles. The van der Waals surface area contributed by atoms with E-state index in [9.17, 15) is 14.0 Å². The second-order valence-electron chi connectivity index (χ2n) is 5.14. The Morgan fingerprint density at radius 2 is 1.88 bits per heavy atom. The molecule has 5 nitrogen and oxygen atoms in total. The summed E-state index contributed by atoms with van der Waals surface area (Å²) in [4.78, 5) is 25.2. The summed E-state index contributed by atoms with van der Waals surface area (Å²) in [7, 11) is 1.46. The van der Waals surface area contributed by atoms with E-state index in [1.165, 1.54) is 24.1 Å². The van der Waals surface area contributed by atoms with Crippen molar-refractivity contribution in [2.45, 2.75) is 0 Å². The molecule has 0 saturated carbocycles. The molecule has 0 unspecified atom stereocenters. The van der Waals surface area contributed by atoms with Crippen molar-refractivity contribution >= 4 is 40.7 Å². The first kappa shape index (κ1) is 19.0. The third-order valence-corrected chi connectivity index (χ3v) is 3.82. The van der Waals surface area contributed by atoms with Gasteiger partial charge in [0, 0.05) is 7.05 Å². The summed E-state index contributed by atoms with van der Waals surface area (Å²) >= 11 is 11.8. The number of carbonyl (C=O) groups excluding carboxylic acids is 2. The van der Waals surface area contributed by atoms with Gasteiger partial charge in [0.1, 0.15) is 11.6 Å². The molecule has 0 saturated heterocycles. The summed E-state index contributed by atoms with van der Waals surface area (Å²) in [5.41, 5.74) is 0.462. The van der Waals surface area contributed by atoms with Gasteiger partial charge in [0.25, 0.3) is 5.91 Å². The van der Waals surface area contributed by atoms with Crippen LogP contribution in [-0.2, 0) is 9.59 Å². The maximum absolute atomic E-state index is 13.0. The summed E-state index contributed by atoms with van der Waals surface area (Å²) in [5.74, 6) is -1.15. The number of anilines is 1. The summed E-state index contributed by atoms with van der Waals surface area (Å²) in [6, 6.07) is 10.4. The van der Waals surface area contributed by atoms with E-state index < -0.39 is 17.6 Å². The molecule has 0 atom stereocenters. The Kier molecular flexibility index (Phi) is 6.61. The topological polar surface area (TPSA) is 58.6 Å². The molecule has 2 amide bonds. The number of amides is 2. The van der Waals surface area contributed by atoms with E-state index in [1.807, 2.05) is 0 Å². The fourth-order valence-corrected chi connectivity index (χ4v) is 2.30. The molecule has 0 aliphatic rings. The minimum Gasteiger partial charge on any atom is -0.482 e. The van der Waals surface area contributed by atoms with Crippen molar-refractivity contribution in [1.29, 1.82) is 0 Å². The lowest BCUT2D eigenvalue weighted by Gasteiger charge is -2.17. The van der Waals surface area contributed by atoms with Gasteiger partial charge in [0.15, 0.2) is 6.61 Å². The van der Waals surface area contributed by atoms with Crippen molar-refractivity contribution in [2.24, 2.45) is 0 Å². The van der Waals surface area contributed by atoms with Crippen LogP contribution >= 0.6 is 23.2 Å². The lowest BCUT2D eigenvalue weighted by Crippen LogP contribution is -2.37. The van der Waals surface area contributed by atoms with Crippen LogP contribution in [0.3, 0.4) is 0 Å². The van der Waals surface area contributed by atoms with Gasteiger partial charge in [-0.2, -0.15) is 0 Å². The Bertz CT molecular complexity index is 786. The van der Waals surface area contributed by atoms with E-state index in [0.717, 1.165) is 6.07 Å². The number of para-hydroxylation sites is 1. The van der Waals surface area contributed by atoms with Gasteiger partial charge < -0.3 is 15.0 Å². The molecule has 0 heterocycles. The first-order valence-electron chi connectivity index (χ1n) is 7.23. The molecule has 2 aromatic rings. The molecule has 0 spiro atoms. The zero-order valence-corrected chi connectivity index (χ0v) is 14.8. The molecule has 2 rings (SSSR count). The van der Waals surface area contributed by atoms with Gasteiger partial charge >= 0.3 is 0 Å². The Hall–Kier alpha value is -2.31. The predicted octanol–water partition coefficient (Wildman–Crippen LogP) is 3.61. The molecule has 132 valence electrons. The number of nitrogens with one attached hydrogen (secondary N) is 1. The monoisotopic (exact) mass is 384 g/mol. The van der Waals surface area contributed by atoms with Gasteiger partial charge in [-0.3, -0.25) is 9.59 Å². The molecule has 0 radical (unpaired) electrons. The van der Waals surface area contributed by atoms with Crippen LogP contribution in [0.5, 0.6) is 5.75 Å². The fraction of sp³-hybridized carbons (Fsp3) is 0.176. The quantitative estimate of drug-likeness (QED) is 0.827. The van der Waals surface area contributed by atoms with Gasteiger partial charge in [0.2, 0.25) is 5.91 Å². The molecular formula is C17H15Cl2FN2O3. The standard InChI is InChI=1S/C17H15Cl2FN2O3/c1-22(9-16(23)21-14-5-3-2-4-12(14)18)17(24)10-25-15-7-6-11(20)8-13(15)19/h2-8H,9-10H2,1H3,(H,21,23). The van der Waals surface area contributed by atoms with Crippen LogP contribution in [0.4, 0.5) is 10.1 Å². The number of nitrogens with zero attached hydrogens (tertiary/aromatic N) is 1. The summed E-state index contributed by atoms with van der Waals surface area (Å²) in [6.07, 6.45) is 0. The predicted molar refractivity (Wildman–Crippen MR) is 94.6 cm³/mol. The number of benzene rings is 2. The van der Waals surface area contributed by atoms with Crippen LogP contribution < -0.4 is 10.1 Å². The average Bonchev–Trinajstić information content (AvgIpc) is 2.55. The van der Waals surface area contributed by atoms with E-state index in [-0.39, 0.29) is 23.9 Å². The first-order chi connectivity index (χ1) is 11.9. The van der Waals surface area contributed by atoms with E-state index in [1.54, 1.807) is 24.3 Å². The highest BCUT2D eigenvalue weighted by Gasteiger charge is 2.15. The Morgan fingerprint density at radius 1 is 1.16 bits per heavy atom. The Morgan fingerprint density at radius 3 is 2.56 bits per heavy atom. The molecule has 0 aliphatic heterocycles. The minimum absolute atomic E-state index is 0.0620. The van der Waals surface area contributed by atoms with Crippen molar-refractivity contribution < 1.29 is 18.7 Å². The van der Waals surface area contributed by atoms with E-state index >= 15 is 0 Å². The highest BCUT2D eigenvalue weighted by atomic mass is 35.5. The molecule has 8 heteroatoms. The largest absolute Gasteiger partial charge is 0.482 e. The van der Waals surface area contributed by atoms with Crippen LogP contribution in [0.15, 0.2) is 42.5 Å².